The van der Waals surface area contributed by atoms with E-state index < -0.39 is 6.29 Å². The monoisotopic (exact) mass is 136 g/mol. The van der Waals surface area contributed by atoms with Crippen molar-refractivity contribution in [1.82, 2.24) is 0 Å². The molecule has 0 aliphatic heterocycles. The van der Waals surface area contributed by atoms with Crippen LogP contribution in [0.1, 0.15) is 0 Å². The molecular weight excluding hydrogens is 124 g/mol. The number of aliphatic hydroxyl groups excluding tert-OH is 1. The van der Waals surface area contributed by atoms with Crippen molar-refractivity contribution in [3.05, 3.63) is 0 Å². The molecule has 0 aliphatic carbocycles. The lowest BCUT2D eigenvalue weighted by atomic mass is 10.7. The van der Waals surface area contributed by atoms with Crippen molar-refractivity contribution in [2.45, 2.75) is 6.29 Å². The molecule has 0 rings (SSSR count). The molecule has 0 heterocycles. The molecule has 9 heavy (non-hydrogen) atoms. The molecule has 4 heteroatoms. The molecule has 0 radical (unpaired) electrons. The summed E-state index contributed by atoms with van der Waals surface area (Å²) in [6, 6.07) is 0. The minimum atomic E-state index is -0.458. The second kappa shape index (κ2) is 5.97. The fraction of sp³-hybridized carbons (Fsp3) is 1.00. The molecule has 0 aromatic rings. The zero-order valence-electron chi connectivity index (χ0n) is 5.66. The summed E-state index contributed by atoms with van der Waals surface area (Å²) < 4.78 is 14.1. The first-order valence-corrected chi connectivity index (χ1v) is 2.59. The number of rotatable bonds is 5. The summed E-state index contributed by atoms with van der Waals surface area (Å²) in [5.74, 6) is 0. The largest absolute Gasteiger partial charge is 0.379 e. The van der Waals surface area contributed by atoms with Crippen LogP contribution in [-0.4, -0.2) is 39.0 Å². The van der Waals surface area contributed by atoms with Crippen LogP contribution in [0.5, 0.6) is 0 Å². The van der Waals surface area contributed by atoms with Crippen molar-refractivity contribution < 1.29 is 19.3 Å². The van der Waals surface area contributed by atoms with E-state index >= 15 is 0 Å². The second-order valence-electron chi connectivity index (χ2n) is 1.42. The smallest absolute Gasteiger partial charge is 0.183 e. The third-order valence-electron chi connectivity index (χ3n) is 0.826. The third kappa shape index (κ3) is 4.35. The molecule has 4 nitrogen and oxygen atoms in total. The van der Waals surface area contributed by atoms with Crippen LogP contribution < -0.4 is 0 Å². The molecule has 1 unspecified atom stereocenters. The highest BCUT2D eigenvalue weighted by Gasteiger charge is 2.03. The molecule has 0 aromatic heterocycles. The van der Waals surface area contributed by atoms with E-state index in [4.69, 9.17) is 9.84 Å². The zero-order chi connectivity index (χ0) is 7.11. The topological polar surface area (TPSA) is 47.9 Å². The van der Waals surface area contributed by atoms with Crippen LogP contribution in [0.3, 0.4) is 0 Å². The Morgan fingerprint density at radius 3 is 2.44 bits per heavy atom. The molecular formula is C5H12O4. The SMILES string of the molecule is COCC(OC)OCO. The van der Waals surface area contributed by atoms with Gasteiger partial charge in [0.25, 0.3) is 0 Å². The summed E-state index contributed by atoms with van der Waals surface area (Å²) in [6.45, 7) is -0.0150. The minimum absolute atomic E-state index is 0.330. The first-order valence-electron chi connectivity index (χ1n) is 2.59. The number of hydrogen-bond acceptors (Lipinski definition) is 4. The summed E-state index contributed by atoms with van der Waals surface area (Å²) in [4.78, 5) is 0. The van der Waals surface area contributed by atoms with Gasteiger partial charge >= 0.3 is 0 Å². The van der Waals surface area contributed by atoms with Gasteiger partial charge < -0.3 is 19.3 Å². The molecule has 0 bridgehead atoms. The number of hydrogen-bond donors (Lipinski definition) is 1. The molecule has 1 atom stereocenters. The lowest BCUT2D eigenvalue weighted by Crippen LogP contribution is -2.21. The van der Waals surface area contributed by atoms with E-state index in [2.05, 4.69) is 9.47 Å². The highest BCUT2D eigenvalue weighted by atomic mass is 16.7. The zero-order valence-corrected chi connectivity index (χ0v) is 5.66. The van der Waals surface area contributed by atoms with Crippen molar-refractivity contribution in [1.29, 1.82) is 0 Å². The van der Waals surface area contributed by atoms with Crippen molar-refractivity contribution >= 4 is 0 Å². The van der Waals surface area contributed by atoms with E-state index in [0.29, 0.717) is 6.61 Å². The average Bonchev–Trinajstić information content (AvgIpc) is 1.88. The first kappa shape index (κ1) is 8.84. The molecule has 0 fully saturated rings. The molecule has 0 aliphatic rings. The highest BCUT2D eigenvalue weighted by molar-refractivity contribution is 4.34. The van der Waals surface area contributed by atoms with Crippen LogP contribution in [0.2, 0.25) is 0 Å². The van der Waals surface area contributed by atoms with Gasteiger partial charge in [0.05, 0.1) is 6.61 Å². The van der Waals surface area contributed by atoms with Gasteiger partial charge in [-0.3, -0.25) is 0 Å². The number of aliphatic hydroxyl groups is 1. The van der Waals surface area contributed by atoms with Crippen molar-refractivity contribution in [2.75, 3.05) is 27.6 Å². The maximum absolute atomic E-state index is 8.24. The summed E-state index contributed by atoms with van der Waals surface area (Å²) in [5, 5.41) is 8.24. The van der Waals surface area contributed by atoms with Crippen LogP contribution in [0.25, 0.3) is 0 Å². The molecule has 0 spiro atoms. The molecule has 1 N–H and O–H groups in total. The van der Waals surface area contributed by atoms with E-state index in [0.717, 1.165) is 0 Å². The molecule has 56 valence electrons. The van der Waals surface area contributed by atoms with E-state index in [1.54, 1.807) is 0 Å². The van der Waals surface area contributed by atoms with Crippen LogP contribution in [0.15, 0.2) is 0 Å². The maximum Gasteiger partial charge on any atom is 0.183 e. The van der Waals surface area contributed by atoms with Crippen LogP contribution in [-0.2, 0) is 14.2 Å². The normalized spacial score (nSPS) is 13.7. The first-order chi connectivity index (χ1) is 4.35. The Bertz CT molecular complexity index is 50.9. The Hall–Kier alpha value is -0.160. The summed E-state index contributed by atoms with van der Waals surface area (Å²) in [7, 11) is 3.02. The van der Waals surface area contributed by atoms with Gasteiger partial charge in [-0.15, -0.1) is 0 Å². The standard InChI is InChI=1S/C5H12O4/c1-7-3-5(8-2)9-4-6/h5-6H,3-4H2,1-2H3. The molecule has 0 aromatic carbocycles. The quantitative estimate of drug-likeness (QED) is 0.521. The lowest BCUT2D eigenvalue weighted by Gasteiger charge is -2.12. The summed E-state index contributed by atoms with van der Waals surface area (Å²) in [5.41, 5.74) is 0. The Kier molecular flexibility index (Phi) is 5.86. The summed E-state index contributed by atoms with van der Waals surface area (Å²) in [6.07, 6.45) is -0.458. The molecule has 0 saturated heterocycles. The fourth-order valence-corrected chi connectivity index (χ4v) is 0.403. The van der Waals surface area contributed by atoms with Gasteiger partial charge in [-0.25, -0.2) is 0 Å². The van der Waals surface area contributed by atoms with E-state index in [1.165, 1.54) is 14.2 Å². The predicted octanol–water partition coefficient (Wildman–Crippen LogP) is -0.428. The second-order valence-corrected chi connectivity index (χ2v) is 1.42. The number of ether oxygens (including phenoxy) is 3. The summed E-state index contributed by atoms with van der Waals surface area (Å²) >= 11 is 0. The average molecular weight is 136 g/mol. The van der Waals surface area contributed by atoms with Gasteiger partial charge in [0.1, 0.15) is 6.79 Å². The Balaban J connectivity index is 3.18. The van der Waals surface area contributed by atoms with Gasteiger partial charge in [-0.05, 0) is 0 Å². The molecule has 0 saturated carbocycles. The van der Waals surface area contributed by atoms with E-state index in [1.807, 2.05) is 0 Å². The Morgan fingerprint density at radius 2 is 2.11 bits per heavy atom. The van der Waals surface area contributed by atoms with Crippen molar-refractivity contribution in [2.24, 2.45) is 0 Å². The van der Waals surface area contributed by atoms with Gasteiger partial charge in [-0.2, -0.15) is 0 Å². The van der Waals surface area contributed by atoms with Gasteiger partial charge in [0.15, 0.2) is 6.29 Å². The number of methoxy groups -OCH3 is 2. The van der Waals surface area contributed by atoms with Crippen LogP contribution in [0, 0.1) is 0 Å². The van der Waals surface area contributed by atoms with Gasteiger partial charge in [0.2, 0.25) is 0 Å². The van der Waals surface area contributed by atoms with Crippen molar-refractivity contribution in [3.8, 4) is 0 Å². The van der Waals surface area contributed by atoms with Crippen LogP contribution in [0.4, 0.5) is 0 Å². The predicted molar refractivity (Wildman–Crippen MR) is 30.8 cm³/mol. The Morgan fingerprint density at radius 1 is 1.44 bits per heavy atom. The highest BCUT2D eigenvalue weighted by Crippen LogP contribution is 1.90. The van der Waals surface area contributed by atoms with E-state index in [-0.39, 0.29) is 6.79 Å². The third-order valence-corrected chi connectivity index (χ3v) is 0.826. The molecule has 0 amide bonds. The lowest BCUT2D eigenvalue weighted by molar-refractivity contribution is -0.187. The fourth-order valence-electron chi connectivity index (χ4n) is 0.403. The van der Waals surface area contributed by atoms with Crippen LogP contribution >= 0.6 is 0 Å². The Labute approximate surface area is 54.3 Å². The van der Waals surface area contributed by atoms with Gasteiger partial charge in [-0.1, -0.05) is 0 Å². The van der Waals surface area contributed by atoms with E-state index in [9.17, 15) is 0 Å². The van der Waals surface area contributed by atoms with Gasteiger partial charge in [0, 0.05) is 14.2 Å². The van der Waals surface area contributed by atoms with Crippen molar-refractivity contribution in [3.63, 3.8) is 0 Å². The maximum atomic E-state index is 8.24. The minimum Gasteiger partial charge on any atom is -0.379 e.